The van der Waals surface area contributed by atoms with Gasteiger partial charge in [-0.2, -0.15) is 0 Å². The summed E-state index contributed by atoms with van der Waals surface area (Å²) in [7, 11) is 0. The minimum absolute atomic E-state index is 0.0823. The minimum Gasteiger partial charge on any atom is -0.507 e. The van der Waals surface area contributed by atoms with Crippen LogP contribution >= 0.6 is 0 Å². The molecule has 0 aliphatic carbocycles. The van der Waals surface area contributed by atoms with E-state index in [4.69, 9.17) is 4.42 Å². The topological polar surface area (TPSA) is 75.6 Å². The first-order chi connectivity index (χ1) is 11.4. The second kappa shape index (κ2) is 6.07. The molecule has 0 amide bonds. The molecule has 0 saturated heterocycles. The number of aryl methyl sites for hydroxylation is 1. The average Bonchev–Trinajstić information content (AvgIpc) is 2.96. The highest BCUT2D eigenvalue weighted by atomic mass is 16.4. The van der Waals surface area contributed by atoms with E-state index in [1.165, 1.54) is 12.1 Å². The molecule has 2 heterocycles. The van der Waals surface area contributed by atoms with Gasteiger partial charge in [0.15, 0.2) is 5.58 Å². The van der Waals surface area contributed by atoms with E-state index in [-0.39, 0.29) is 23.1 Å². The predicted octanol–water partition coefficient (Wildman–Crippen LogP) is 4.21. The zero-order valence-corrected chi connectivity index (χ0v) is 14.0. The number of aromatic hydroxyl groups is 2. The van der Waals surface area contributed by atoms with Crippen molar-refractivity contribution in [2.75, 3.05) is 0 Å². The Morgan fingerprint density at radius 1 is 1.21 bits per heavy atom. The van der Waals surface area contributed by atoms with Crippen LogP contribution in [0.5, 0.6) is 11.5 Å². The maximum Gasteiger partial charge on any atom is 0.336 e. The molecule has 0 atom stereocenters. The van der Waals surface area contributed by atoms with Gasteiger partial charge in [-0.1, -0.05) is 13.3 Å². The Morgan fingerprint density at radius 3 is 2.62 bits per heavy atom. The lowest BCUT2D eigenvalue weighted by atomic mass is 9.99. The van der Waals surface area contributed by atoms with Crippen molar-refractivity contribution in [1.82, 2.24) is 4.57 Å². The molecule has 2 N–H and O–H groups in total. The fraction of sp³-hybridized carbons (Fsp3) is 0.316. The van der Waals surface area contributed by atoms with Crippen LogP contribution in [0, 0.1) is 0 Å². The lowest BCUT2D eigenvalue weighted by Crippen LogP contribution is -2.04. The normalized spacial score (nSPS) is 11.5. The molecule has 3 rings (SSSR count). The number of phenols is 2. The van der Waals surface area contributed by atoms with Crippen LogP contribution in [0.15, 0.2) is 39.7 Å². The number of hydrogen-bond acceptors (Lipinski definition) is 4. The smallest absolute Gasteiger partial charge is 0.336 e. The highest BCUT2D eigenvalue weighted by molar-refractivity contribution is 6.00. The Kier molecular flexibility index (Phi) is 4.09. The van der Waals surface area contributed by atoms with Crippen molar-refractivity contribution in [2.24, 2.45) is 0 Å². The van der Waals surface area contributed by atoms with Crippen LogP contribution in [0.2, 0.25) is 0 Å². The van der Waals surface area contributed by atoms with E-state index in [1.54, 1.807) is 0 Å². The summed E-state index contributed by atoms with van der Waals surface area (Å²) in [6, 6.07) is 6.63. The Balaban J connectivity index is 2.44. The number of nitrogens with zero attached hydrogens (tertiary/aromatic N) is 1. The molecule has 5 heteroatoms. The summed E-state index contributed by atoms with van der Waals surface area (Å²) >= 11 is 0. The molecular weight excluding hydrogens is 306 g/mol. The zero-order valence-electron chi connectivity index (χ0n) is 14.0. The van der Waals surface area contributed by atoms with E-state index < -0.39 is 5.63 Å². The van der Waals surface area contributed by atoms with Crippen LogP contribution in [0.25, 0.3) is 22.2 Å². The number of hydrogen-bond donors (Lipinski definition) is 2. The molecule has 0 bridgehead atoms. The van der Waals surface area contributed by atoms with Gasteiger partial charge in [0.2, 0.25) is 0 Å². The first kappa shape index (κ1) is 16.2. The number of rotatable bonds is 4. The largest absolute Gasteiger partial charge is 0.507 e. The quantitative estimate of drug-likeness (QED) is 0.704. The van der Waals surface area contributed by atoms with Crippen molar-refractivity contribution < 1.29 is 14.6 Å². The standard InChI is InChI=1S/C19H21NO4/c1-4-6-12-9-16(23)24-19-17(12)14(21)10-15(22)18(19)13-7-5-8-20(13)11(2)3/h5,7-11,21-22H,4,6H2,1-3H3. The summed E-state index contributed by atoms with van der Waals surface area (Å²) in [5.74, 6) is -0.196. The van der Waals surface area contributed by atoms with Gasteiger partial charge in [0.05, 0.1) is 16.6 Å². The van der Waals surface area contributed by atoms with Crippen LogP contribution in [-0.2, 0) is 6.42 Å². The molecule has 0 saturated carbocycles. The van der Waals surface area contributed by atoms with Crippen molar-refractivity contribution in [3.8, 4) is 22.8 Å². The Bertz CT molecular complexity index is 950. The van der Waals surface area contributed by atoms with Gasteiger partial charge >= 0.3 is 5.63 Å². The van der Waals surface area contributed by atoms with E-state index in [9.17, 15) is 15.0 Å². The van der Waals surface area contributed by atoms with Gasteiger partial charge in [-0.15, -0.1) is 0 Å². The van der Waals surface area contributed by atoms with Crippen LogP contribution < -0.4 is 5.63 Å². The molecular formula is C19H21NO4. The molecule has 0 aliphatic rings. The summed E-state index contributed by atoms with van der Waals surface area (Å²) in [6.45, 7) is 6.06. The Labute approximate surface area is 139 Å². The van der Waals surface area contributed by atoms with E-state index >= 15 is 0 Å². The molecule has 0 aliphatic heterocycles. The fourth-order valence-electron chi connectivity index (χ4n) is 3.16. The summed E-state index contributed by atoms with van der Waals surface area (Å²) in [5.41, 5.74) is 1.63. The van der Waals surface area contributed by atoms with E-state index in [2.05, 4.69) is 0 Å². The third-order valence-electron chi connectivity index (χ3n) is 4.17. The van der Waals surface area contributed by atoms with Gasteiger partial charge in [0, 0.05) is 24.4 Å². The molecule has 2 aromatic heterocycles. The van der Waals surface area contributed by atoms with Gasteiger partial charge in [-0.05, 0) is 38.0 Å². The monoisotopic (exact) mass is 327 g/mol. The first-order valence-electron chi connectivity index (χ1n) is 8.12. The number of phenolic OH excluding ortho intramolecular Hbond substituents is 2. The molecule has 0 radical (unpaired) electrons. The second-order valence-corrected chi connectivity index (χ2v) is 6.23. The molecule has 0 unspecified atom stereocenters. The zero-order chi connectivity index (χ0) is 17.4. The first-order valence-corrected chi connectivity index (χ1v) is 8.12. The number of benzene rings is 1. The molecule has 126 valence electrons. The van der Waals surface area contributed by atoms with Crippen LogP contribution in [0.1, 0.15) is 38.8 Å². The van der Waals surface area contributed by atoms with Gasteiger partial charge in [-0.3, -0.25) is 0 Å². The predicted molar refractivity (Wildman–Crippen MR) is 93.6 cm³/mol. The van der Waals surface area contributed by atoms with Gasteiger partial charge in [0.1, 0.15) is 11.5 Å². The molecule has 0 spiro atoms. The van der Waals surface area contributed by atoms with Crippen molar-refractivity contribution >= 4 is 11.0 Å². The van der Waals surface area contributed by atoms with Crippen LogP contribution in [-0.4, -0.2) is 14.8 Å². The lowest BCUT2D eigenvalue weighted by molar-refractivity contribution is 0.451. The van der Waals surface area contributed by atoms with Crippen molar-refractivity contribution in [2.45, 2.75) is 39.7 Å². The van der Waals surface area contributed by atoms with Gasteiger partial charge in [-0.25, -0.2) is 4.79 Å². The summed E-state index contributed by atoms with van der Waals surface area (Å²) in [5, 5.41) is 21.3. The van der Waals surface area contributed by atoms with Crippen molar-refractivity contribution in [1.29, 1.82) is 0 Å². The summed E-state index contributed by atoms with van der Waals surface area (Å²) in [6.07, 6.45) is 3.38. The van der Waals surface area contributed by atoms with Gasteiger partial charge < -0.3 is 19.2 Å². The average molecular weight is 327 g/mol. The third kappa shape index (κ3) is 2.56. The maximum absolute atomic E-state index is 12.0. The Morgan fingerprint density at radius 2 is 1.96 bits per heavy atom. The van der Waals surface area contributed by atoms with E-state index in [0.717, 1.165) is 17.7 Å². The van der Waals surface area contributed by atoms with E-state index in [0.29, 0.717) is 17.4 Å². The van der Waals surface area contributed by atoms with Crippen LogP contribution in [0.3, 0.4) is 0 Å². The van der Waals surface area contributed by atoms with Gasteiger partial charge in [0.25, 0.3) is 0 Å². The van der Waals surface area contributed by atoms with Crippen molar-refractivity contribution in [3.05, 3.63) is 46.4 Å². The highest BCUT2D eigenvalue weighted by Crippen LogP contribution is 2.42. The van der Waals surface area contributed by atoms with E-state index in [1.807, 2.05) is 43.7 Å². The molecule has 0 fully saturated rings. The maximum atomic E-state index is 12.0. The fourth-order valence-corrected chi connectivity index (χ4v) is 3.16. The molecule has 5 nitrogen and oxygen atoms in total. The molecule has 3 aromatic rings. The highest BCUT2D eigenvalue weighted by Gasteiger charge is 2.21. The number of aromatic nitrogens is 1. The minimum atomic E-state index is -0.486. The molecule has 24 heavy (non-hydrogen) atoms. The van der Waals surface area contributed by atoms with Crippen LogP contribution in [0.4, 0.5) is 0 Å². The SMILES string of the molecule is CCCc1cc(=O)oc2c(-c3cccn3C(C)C)c(O)cc(O)c12. The number of fused-ring (bicyclic) bond motifs is 1. The Hall–Kier alpha value is -2.69. The second-order valence-electron chi connectivity index (χ2n) is 6.23. The molecule has 1 aromatic carbocycles. The lowest BCUT2D eigenvalue weighted by Gasteiger charge is -2.16. The third-order valence-corrected chi connectivity index (χ3v) is 4.17. The summed E-state index contributed by atoms with van der Waals surface area (Å²) < 4.78 is 7.40. The van der Waals surface area contributed by atoms with Crippen molar-refractivity contribution in [3.63, 3.8) is 0 Å². The summed E-state index contributed by atoms with van der Waals surface area (Å²) in [4.78, 5) is 12.0.